The Hall–Kier alpha value is -1.29. The van der Waals surface area contributed by atoms with E-state index in [9.17, 15) is 4.79 Å². The third kappa shape index (κ3) is 2.88. The number of nitrogens with one attached hydrogen (secondary N) is 1. The van der Waals surface area contributed by atoms with E-state index in [0.29, 0.717) is 18.2 Å². The van der Waals surface area contributed by atoms with Crippen LogP contribution in [0.2, 0.25) is 0 Å². The molecule has 0 amide bonds. The number of hydrogen-bond acceptors (Lipinski definition) is 4. The van der Waals surface area contributed by atoms with Gasteiger partial charge in [-0.2, -0.15) is 0 Å². The SMILES string of the molecule is COC(=O)c1coc(CNC2CCCC2C)c1. The Morgan fingerprint density at radius 1 is 1.59 bits per heavy atom. The van der Waals surface area contributed by atoms with Gasteiger partial charge in [-0.1, -0.05) is 13.3 Å². The first-order valence-corrected chi connectivity index (χ1v) is 6.10. The van der Waals surface area contributed by atoms with Crippen LogP contribution in [0.1, 0.15) is 42.3 Å². The van der Waals surface area contributed by atoms with Gasteiger partial charge in [0.1, 0.15) is 12.0 Å². The second-order valence-electron chi connectivity index (χ2n) is 4.69. The highest BCUT2D eigenvalue weighted by Gasteiger charge is 2.22. The van der Waals surface area contributed by atoms with E-state index in [4.69, 9.17) is 4.42 Å². The van der Waals surface area contributed by atoms with Crippen LogP contribution in [0.15, 0.2) is 16.7 Å². The lowest BCUT2D eigenvalue weighted by molar-refractivity contribution is 0.0600. The van der Waals surface area contributed by atoms with Crippen LogP contribution in [-0.4, -0.2) is 19.1 Å². The summed E-state index contributed by atoms with van der Waals surface area (Å²) in [5.74, 6) is 1.16. The fraction of sp³-hybridized carbons (Fsp3) is 0.615. The molecule has 0 radical (unpaired) electrons. The van der Waals surface area contributed by atoms with E-state index in [1.54, 1.807) is 6.07 Å². The quantitative estimate of drug-likeness (QED) is 0.817. The normalized spacial score (nSPS) is 23.9. The zero-order valence-electron chi connectivity index (χ0n) is 10.4. The lowest BCUT2D eigenvalue weighted by atomic mass is 10.1. The van der Waals surface area contributed by atoms with Crippen LogP contribution < -0.4 is 5.32 Å². The minimum atomic E-state index is -0.353. The maximum atomic E-state index is 11.2. The zero-order chi connectivity index (χ0) is 12.3. The molecule has 17 heavy (non-hydrogen) atoms. The molecule has 4 nitrogen and oxygen atoms in total. The summed E-state index contributed by atoms with van der Waals surface area (Å²) in [6.07, 6.45) is 5.26. The van der Waals surface area contributed by atoms with Gasteiger partial charge in [-0.15, -0.1) is 0 Å². The Bertz CT molecular complexity index is 386. The van der Waals surface area contributed by atoms with Crippen molar-refractivity contribution in [2.24, 2.45) is 5.92 Å². The topological polar surface area (TPSA) is 51.5 Å². The van der Waals surface area contributed by atoms with Crippen LogP contribution in [0.5, 0.6) is 0 Å². The van der Waals surface area contributed by atoms with E-state index in [1.165, 1.54) is 32.6 Å². The molecule has 0 saturated heterocycles. The number of furan rings is 1. The van der Waals surface area contributed by atoms with E-state index in [1.807, 2.05) is 0 Å². The van der Waals surface area contributed by atoms with Crippen molar-refractivity contribution in [2.45, 2.75) is 38.8 Å². The maximum Gasteiger partial charge on any atom is 0.341 e. The number of carbonyl (C=O) groups is 1. The van der Waals surface area contributed by atoms with Crippen molar-refractivity contribution in [1.29, 1.82) is 0 Å². The summed E-state index contributed by atoms with van der Waals surface area (Å²) in [5, 5.41) is 3.47. The lowest BCUT2D eigenvalue weighted by Gasteiger charge is -2.15. The molecule has 1 N–H and O–H groups in total. The first-order valence-electron chi connectivity index (χ1n) is 6.10. The maximum absolute atomic E-state index is 11.2. The Labute approximate surface area is 101 Å². The van der Waals surface area contributed by atoms with Gasteiger partial charge in [-0.05, 0) is 24.8 Å². The molecule has 94 valence electrons. The standard InChI is InChI=1S/C13H19NO3/c1-9-4-3-5-12(9)14-7-11-6-10(8-17-11)13(15)16-2/h6,8-9,12,14H,3-5,7H2,1-2H3. The molecule has 0 bridgehead atoms. The molecular formula is C13H19NO3. The molecule has 0 aromatic carbocycles. The summed E-state index contributed by atoms with van der Waals surface area (Å²) >= 11 is 0. The van der Waals surface area contributed by atoms with Crippen molar-refractivity contribution in [3.63, 3.8) is 0 Å². The molecular weight excluding hydrogens is 218 g/mol. The summed E-state index contributed by atoms with van der Waals surface area (Å²) in [5.41, 5.74) is 0.476. The number of ether oxygens (including phenoxy) is 1. The molecule has 2 atom stereocenters. The van der Waals surface area contributed by atoms with Gasteiger partial charge in [0.05, 0.1) is 19.2 Å². The smallest absolute Gasteiger partial charge is 0.341 e. The highest BCUT2D eigenvalue weighted by molar-refractivity contribution is 5.88. The number of methoxy groups -OCH3 is 1. The average molecular weight is 237 g/mol. The molecule has 1 saturated carbocycles. The van der Waals surface area contributed by atoms with Crippen LogP contribution in [0, 0.1) is 5.92 Å². The van der Waals surface area contributed by atoms with Crippen molar-refractivity contribution in [1.82, 2.24) is 5.32 Å². The summed E-state index contributed by atoms with van der Waals surface area (Å²) < 4.78 is 9.94. The van der Waals surface area contributed by atoms with Crippen molar-refractivity contribution < 1.29 is 13.9 Å². The molecule has 0 aliphatic heterocycles. The lowest BCUT2D eigenvalue weighted by Crippen LogP contribution is -2.30. The third-order valence-corrected chi connectivity index (χ3v) is 3.47. The summed E-state index contributed by atoms with van der Waals surface area (Å²) in [6, 6.07) is 2.31. The highest BCUT2D eigenvalue weighted by atomic mass is 16.5. The van der Waals surface area contributed by atoms with Gasteiger partial charge < -0.3 is 14.5 Å². The van der Waals surface area contributed by atoms with Gasteiger partial charge in [-0.25, -0.2) is 4.79 Å². The monoisotopic (exact) mass is 237 g/mol. The van der Waals surface area contributed by atoms with Crippen LogP contribution >= 0.6 is 0 Å². The third-order valence-electron chi connectivity index (χ3n) is 3.47. The van der Waals surface area contributed by atoms with Gasteiger partial charge in [0, 0.05) is 6.04 Å². The van der Waals surface area contributed by atoms with Crippen LogP contribution in [0.3, 0.4) is 0 Å². The van der Waals surface area contributed by atoms with Crippen molar-refractivity contribution in [3.8, 4) is 0 Å². The van der Waals surface area contributed by atoms with Crippen molar-refractivity contribution >= 4 is 5.97 Å². The first kappa shape index (κ1) is 12.2. The number of rotatable bonds is 4. The van der Waals surface area contributed by atoms with Gasteiger partial charge in [0.25, 0.3) is 0 Å². The molecule has 1 heterocycles. The predicted molar refractivity (Wildman–Crippen MR) is 63.7 cm³/mol. The largest absolute Gasteiger partial charge is 0.467 e. The molecule has 1 aromatic heterocycles. The molecule has 1 aliphatic rings. The minimum absolute atomic E-state index is 0.353. The van der Waals surface area contributed by atoms with Gasteiger partial charge in [-0.3, -0.25) is 0 Å². The number of esters is 1. The Kier molecular flexibility index (Phi) is 3.84. The van der Waals surface area contributed by atoms with Gasteiger partial charge in [0.2, 0.25) is 0 Å². The Morgan fingerprint density at radius 3 is 3.06 bits per heavy atom. The average Bonchev–Trinajstić information content (AvgIpc) is 2.94. The van der Waals surface area contributed by atoms with Crippen LogP contribution in [0.25, 0.3) is 0 Å². The number of hydrogen-bond donors (Lipinski definition) is 1. The molecule has 1 aliphatic carbocycles. The number of carbonyl (C=O) groups excluding carboxylic acids is 1. The fourth-order valence-corrected chi connectivity index (χ4v) is 2.38. The fourth-order valence-electron chi connectivity index (χ4n) is 2.38. The summed E-state index contributed by atoms with van der Waals surface area (Å²) in [6.45, 7) is 2.94. The second kappa shape index (κ2) is 5.36. The first-order chi connectivity index (χ1) is 8.20. The summed E-state index contributed by atoms with van der Waals surface area (Å²) in [7, 11) is 1.37. The van der Waals surface area contributed by atoms with Crippen LogP contribution in [0.4, 0.5) is 0 Å². The molecule has 2 unspecified atom stereocenters. The van der Waals surface area contributed by atoms with Crippen LogP contribution in [-0.2, 0) is 11.3 Å². The van der Waals surface area contributed by atoms with E-state index >= 15 is 0 Å². The molecule has 1 aromatic rings. The highest BCUT2D eigenvalue weighted by Crippen LogP contribution is 2.25. The van der Waals surface area contributed by atoms with E-state index < -0.39 is 0 Å². The van der Waals surface area contributed by atoms with E-state index in [2.05, 4.69) is 17.0 Å². The molecule has 1 fully saturated rings. The molecule has 2 rings (SSSR count). The van der Waals surface area contributed by atoms with Gasteiger partial charge in [0.15, 0.2) is 0 Å². The van der Waals surface area contributed by atoms with E-state index in [-0.39, 0.29) is 5.97 Å². The van der Waals surface area contributed by atoms with Gasteiger partial charge >= 0.3 is 5.97 Å². The zero-order valence-corrected chi connectivity index (χ0v) is 10.4. The Balaban J connectivity index is 1.86. The Morgan fingerprint density at radius 2 is 2.41 bits per heavy atom. The predicted octanol–water partition coefficient (Wildman–Crippen LogP) is 2.34. The van der Waals surface area contributed by atoms with E-state index in [0.717, 1.165) is 11.7 Å². The second-order valence-corrected chi connectivity index (χ2v) is 4.69. The minimum Gasteiger partial charge on any atom is -0.467 e. The summed E-state index contributed by atoms with van der Waals surface area (Å²) in [4.78, 5) is 11.2. The molecule has 0 spiro atoms. The van der Waals surface area contributed by atoms with Crippen molar-refractivity contribution in [2.75, 3.05) is 7.11 Å². The molecule has 4 heteroatoms. The van der Waals surface area contributed by atoms with Crippen molar-refractivity contribution in [3.05, 3.63) is 23.7 Å².